The van der Waals surface area contributed by atoms with Crippen LogP contribution in [0.4, 0.5) is 0 Å². The summed E-state index contributed by atoms with van der Waals surface area (Å²) in [6.45, 7) is 8.21. The van der Waals surface area contributed by atoms with Crippen LogP contribution in [0, 0.1) is 0 Å². The van der Waals surface area contributed by atoms with Crippen LogP contribution in [0.2, 0.25) is 0 Å². The van der Waals surface area contributed by atoms with Crippen molar-refractivity contribution in [1.29, 1.82) is 0 Å². The molecular formula is C32H52O10P2. The van der Waals surface area contributed by atoms with Crippen LogP contribution >= 0.6 is 15.2 Å². The second-order valence-corrected chi connectivity index (χ2v) is 15.4. The summed E-state index contributed by atoms with van der Waals surface area (Å²) in [6.07, 6.45) is 9.27. The van der Waals surface area contributed by atoms with Crippen molar-refractivity contribution in [3.05, 3.63) is 34.9 Å². The molecule has 0 aliphatic heterocycles. The van der Waals surface area contributed by atoms with Gasteiger partial charge in [0, 0.05) is 38.5 Å². The van der Waals surface area contributed by atoms with Crippen molar-refractivity contribution in [2.45, 2.75) is 104 Å². The predicted molar refractivity (Wildman–Crippen MR) is 172 cm³/mol. The monoisotopic (exact) mass is 658 g/mol. The van der Waals surface area contributed by atoms with Crippen LogP contribution in [0.15, 0.2) is 23.8 Å². The fraction of sp³-hybridized carbons (Fsp3) is 0.688. The molecule has 250 valence electrons. The van der Waals surface area contributed by atoms with E-state index in [0.717, 1.165) is 44.1 Å². The van der Waals surface area contributed by atoms with Crippen molar-refractivity contribution in [3.63, 3.8) is 0 Å². The van der Waals surface area contributed by atoms with Crippen LogP contribution in [0.3, 0.4) is 0 Å². The van der Waals surface area contributed by atoms with Crippen LogP contribution in [0.5, 0.6) is 11.5 Å². The highest BCUT2D eigenvalue weighted by Crippen LogP contribution is 2.56. The largest absolute Gasteiger partial charge is 0.466 e. The predicted octanol–water partition coefficient (Wildman–Crippen LogP) is 8.76. The summed E-state index contributed by atoms with van der Waals surface area (Å²) in [5.41, 5.74) is 2.72. The van der Waals surface area contributed by atoms with Crippen LogP contribution in [0.25, 0.3) is 0 Å². The summed E-state index contributed by atoms with van der Waals surface area (Å²) in [4.78, 5) is 23.8. The Hall–Kier alpha value is -2.12. The van der Waals surface area contributed by atoms with Gasteiger partial charge in [0.15, 0.2) is 0 Å². The summed E-state index contributed by atoms with van der Waals surface area (Å²) in [7, 11) is -4.71. The van der Waals surface area contributed by atoms with E-state index in [1.807, 2.05) is 12.1 Å². The molecule has 0 radical (unpaired) electrons. The average Bonchev–Trinajstić information content (AvgIpc) is 2.97. The van der Waals surface area contributed by atoms with Gasteiger partial charge in [-0.15, -0.1) is 0 Å². The van der Waals surface area contributed by atoms with E-state index in [9.17, 15) is 18.7 Å². The van der Waals surface area contributed by atoms with E-state index in [2.05, 4.69) is 19.9 Å². The molecule has 1 aliphatic rings. The molecule has 3 atom stereocenters. The van der Waals surface area contributed by atoms with Gasteiger partial charge in [-0.05, 0) is 83.4 Å². The normalized spacial score (nSPS) is 17.6. The highest BCUT2D eigenvalue weighted by molar-refractivity contribution is 7.54. The fourth-order valence-corrected chi connectivity index (χ4v) is 7.87. The molecule has 1 aliphatic carbocycles. The second kappa shape index (κ2) is 19.4. The highest BCUT2D eigenvalue weighted by Gasteiger charge is 2.33. The lowest BCUT2D eigenvalue weighted by atomic mass is 9.84. The zero-order valence-corrected chi connectivity index (χ0v) is 29.2. The first-order chi connectivity index (χ1) is 21.0. The summed E-state index contributed by atoms with van der Waals surface area (Å²) in [5.74, 6) is -0.190. The maximum Gasteiger partial charge on any atom is 0.378 e. The lowest BCUT2D eigenvalue weighted by molar-refractivity contribution is -0.144. The Morgan fingerprint density at radius 3 is 1.77 bits per heavy atom. The number of carbonyl (C=O) groups is 2. The molecule has 0 amide bonds. The molecule has 44 heavy (non-hydrogen) atoms. The summed E-state index contributed by atoms with van der Waals surface area (Å²) < 4.78 is 61.2. The third-order valence-electron chi connectivity index (χ3n) is 7.44. The molecule has 10 nitrogen and oxygen atoms in total. The molecule has 0 fully saturated rings. The van der Waals surface area contributed by atoms with E-state index in [1.165, 1.54) is 19.8 Å². The smallest absolute Gasteiger partial charge is 0.378 e. The SMILES string of the molecule is CCCCCc1cc(OP(=O)(CCCC(=O)OCC)OC)c(C2C=C(C)CCC2)c(OP(=O)(CCCC(=O)OCC)OC)c1. The number of allylic oxidation sites excluding steroid dienone is 2. The van der Waals surface area contributed by atoms with E-state index in [1.54, 1.807) is 13.8 Å². The van der Waals surface area contributed by atoms with E-state index < -0.39 is 15.2 Å². The first-order valence-corrected chi connectivity index (χ1v) is 19.3. The first kappa shape index (κ1) is 38.1. The van der Waals surface area contributed by atoms with Crippen LogP contribution in [-0.4, -0.2) is 51.7 Å². The molecule has 1 aromatic rings. The van der Waals surface area contributed by atoms with Crippen molar-refractivity contribution >= 4 is 27.1 Å². The van der Waals surface area contributed by atoms with Crippen LogP contribution in [0.1, 0.15) is 109 Å². The maximum atomic E-state index is 13.9. The maximum absolute atomic E-state index is 13.9. The molecule has 0 bridgehead atoms. The number of ether oxygens (including phenoxy) is 2. The molecule has 0 N–H and O–H groups in total. The molecule has 0 heterocycles. The third kappa shape index (κ3) is 12.7. The molecular weight excluding hydrogens is 606 g/mol. The third-order valence-corrected chi connectivity index (χ3v) is 11.2. The quantitative estimate of drug-likeness (QED) is 0.0548. The van der Waals surface area contributed by atoms with Crippen LogP contribution in [-0.2, 0) is 43.7 Å². The van der Waals surface area contributed by atoms with Gasteiger partial charge in [-0.2, -0.15) is 0 Å². The van der Waals surface area contributed by atoms with Crippen molar-refractivity contribution in [2.24, 2.45) is 0 Å². The zero-order valence-electron chi connectivity index (χ0n) is 27.4. The first-order valence-electron chi connectivity index (χ1n) is 15.9. The Bertz CT molecular complexity index is 1130. The zero-order chi connectivity index (χ0) is 32.6. The Morgan fingerprint density at radius 2 is 1.34 bits per heavy atom. The number of unbranched alkanes of at least 4 members (excludes halogenated alkanes) is 2. The standard InChI is InChI=1S/C32H52O10P2/c1-7-10-11-16-26-23-28(41-43(35,37-5)20-13-18-30(33)39-8-2)32(27-17-12-15-25(4)22-27)29(24-26)42-44(36,38-6)21-14-19-31(34)40-9-3/h22-24,27H,7-21H2,1-6H3. The number of hydrogen-bond donors (Lipinski definition) is 0. The number of hydrogen-bond acceptors (Lipinski definition) is 10. The second-order valence-electron chi connectivity index (χ2n) is 11.0. The Morgan fingerprint density at radius 1 is 0.818 bits per heavy atom. The van der Waals surface area contributed by atoms with Gasteiger partial charge >= 0.3 is 27.1 Å². The Kier molecular flexibility index (Phi) is 16.8. The van der Waals surface area contributed by atoms with Crippen molar-refractivity contribution < 1.29 is 46.3 Å². The lowest BCUT2D eigenvalue weighted by Gasteiger charge is -2.28. The van der Waals surface area contributed by atoms with Gasteiger partial charge < -0.3 is 27.6 Å². The molecule has 2 rings (SSSR count). The van der Waals surface area contributed by atoms with Crippen LogP contribution < -0.4 is 9.05 Å². The molecule has 1 aromatic carbocycles. The minimum absolute atomic E-state index is 0.0158. The van der Waals surface area contributed by atoms with Crippen molar-refractivity contribution in [3.8, 4) is 11.5 Å². The summed E-state index contributed by atoms with van der Waals surface area (Å²) in [6, 6.07) is 3.76. The van der Waals surface area contributed by atoms with Crippen molar-refractivity contribution in [2.75, 3.05) is 39.8 Å². The molecule has 0 saturated carbocycles. The van der Waals surface area contributed by atoms with Gasteiger partial charge in [0.25, 0.3) is 0 Å². The number of rotatable bonds is 21. The number of esters is 2. The molecule has 0 aromatic heterocycles. The minimum Gasteiger partial charge on any atom is -0.466 e. The van der Waals surface area contributed by atoms with Gasteiger partial charge in [-0.25, -0.2) is 9.13 Å². The fourth-order valence-electron chi connectivity index (χ4n) is 5.18. The van der Waals surface area contributed by atoms with Gasteiger partial charge in [0.05, 0.1) is 25.5 Å². The Labute approximate surface area is 263 Å². The highest BCUT2D eigenvalue weighted by atomic mass is 31.2. The van der Waals surface area contributed by atoms with E-state index in [0.29, 0.717) is 23.5 Å². The summed E-state index contributed by atoms with van der Waals surface area (Å²) in [5, 5.41) is 0. The van der Waals surface area contributed by atoms with Gasteiger partial charge in [0.2, 0.25) is 0 Å². The van der Waals surface area contributed by atoms with Crippen molar-refractivity contribution in [1.82, 2.24) is 0 Å². The lowest BCUT2D eigenvalue weighted by Crippen LogP contribution is -2.12. The number of aryl methyl sites for hydroxylation is 1. The van der Waals surface area contributed by atoms with E-state index >= 15 is 0 Å². The van der Waals surface area contributed by atoms with Gasteiger partial charge in [0.1, 0.15) is 11.5 Å². The topological polar surface area (TPSA) is 124 Å². The molecule has 0 saturated heterocycles. The number of carbonyl (C=O) groups excluding carboxylic acids is 2. The molecule has 3 unspecified atom stereocenters. The van der Waals surface area contributed by atoms with E-state index in [-0.39, 0.29) is 69.1 Å². The molecule has 12 heteroatoms. The summed E-state index contributed by atoms with van der Waals surface area (Å²) >= 11 is 0. The van der Waals surface area contributed by atoms with Gasteiger partial charge in [-0.1, -0.05) is 31.4 Å². The van der Waals surface area contributed by atoms with E-state index in [4.69, 9.17) is 27.6 Å². The minimum atomic E-state index is -3.69. The number of benzene rings is 1. The Balaban J connectivity index is 2.55. The average molecular weight is 659 g/mol. The molecule has 0 spiro atoms. The van der Waals surface area contributed by atoms with Gasteiger partial charge in [-0.3, -0.25) is 9.59 Å².